The topological polar surface area (TPSA) is 84.7 Å². The van der Waals surface area contributed by atoms with Crippen LogP contribution in [0.15, 0.2) is 39.9 Å². The van der Waals surface area contributed by atoms with Crippen molar-refractivity contribution in [1.82, 2.24) is 19.1 Å². The van der Waals surface area contributed by atoms with Gasteiger partial charge in [0.1, 0.15) is 0 Å². The number of fused-ring (bicyclic) bond motifs is 1. The highest BCUT2D eigenvalue weighted by Gasteiger charge is 2.16. The largest absolute Gasteiger partial charge is 0.355 e. The number of aryl methyl sites for hydroxylation is 2. The van der Waals surface area contributed by atoms with Crippen molar-refractivity contribution in [3.63, 3.8) is 0 Å². The predicted molar refractivity (Wildman–Crippen MR) is 99.1 cm³/mol. The van der Waals surface area contributed by atoms with Gasteiger partial charge < -0.3 is 9.88 Å². The molecule has 0 saturated heterocycles. The molecule has 0 radical (unpaired) electrons. The van der Waals surface area contributed by atoms with E-state index in [-0.39, 0.29) is 0 Å². The van der Waals surface area contributed by atoms with Crippen molar-refractivity contribution in [2.24, 2.45) is 7.05 Å². The Morgan fingerprint density at radius 3 is 2.68 bits per heavy atom. The molecule has 7 heteroatoms. The Balaban J connectivity index is 1.93. The summed E-state index contributed by atoms with van der Waals surface area (Å²) in [4.78, 5) is 31.0. The van der Waals surface area contributed by atoms with E-state index < -0.39 is 11.2 Å². The van der Waals surface area contributed by atoms with Crippen LogP contribution in [0.25, 0.3) is 11.2 Å². The molecule has 2 aromatic heterocycles. The van der Waals surface area contributed by atoms with Gasteiger partial charge in [-0.05, 0) is 18.4 Å². The summed E-state index contributed by atoms with van der Waals surface area (Å²) in [5.74, 6) is 0.631. The molecular formula is C18H23N5O2. The number of benzene rings is 1. The number of hydrogen-bond acceptors (Lipinski definition) is 4. The Hall–Kier alpha value is -2.83. The minimum absolute atomic E-state index is 0.391. The highest BCUT2D eigenvalue weighted by molar-refractivity contribution is 5.74. The second-order valence-electron chi connectivity index (χ2n) is 6.09. The quantitative estimate of drug-likeness (QED) is 0.687. The van der Waals surface area contributed by atoms with Gasteiger partial charge in [0.15, 0.2) is 11.2 Å². The number of H-pyrrole nitrogens is 1. The first-order valence-electron chi connectivity index (χ1n) is 8.59. The molecule has 0 amide bonds. The van der Waals surface area contributed by atoms with Crippen molar-refractivity contribution in [2.75, 3.05) is 11.9 Å². The van der Waals surface area contributed by atoms with E-state index in [0.717, 1.165) is 19.3 Å². The van der Waals surface area contributed by atoms with Gasteiger partial charge in [-0.2, -0.15) is 4.98 Å². The molecule has 0 atom stereocenters. The van der Waals surface area contributed by atoms with E-state index in [0.29, 0.717) is 30.2 Å². The van der Waals surface area contributed by atoms with Crippen LogP contribution >= 0.6 is 0 Å². The van der Waals surface area contributed by atoms with Crippen LogP contribution in [0.4, 0.5) is 5.95 Å². The van der Waals surface area contributed by atoms with E-state index in [9.17, 15) is 9.59 Å². The van der Waals surface area contributed by atoms with Crippen LogP contribution in [-0.2, 0) is 20.0 Å². The van der Waals surface area contributed by atoms with E-state index in [1.165, 1.54) is 10.1 Å². The Labute approximate surface area is 145 Å². The summed E-state index contributed by atoms with van der Waals surface area (Å²) < 4.78 is 3.25. The second-order valence-corrected chi connectivity index (χ2v) is 6.09. The summed E-state index contributed by atoms with van der Waals surface area (Å²) >= 11 is 0. The SMILES string of the molecule is CCCCn1c(NCCc2ccccc2)nc2c1c(=O)[nH]c(=O)n2C. The van der Waals surface area contributed by atoms with Gasteiger partial charge in [0.2, 0.25) is 5.95 Å². The molecule has 0 spiro atoms. The van der Waals surface area contributed by atoms with Crippen molar-refractivity contribution in [3.8, 4) is 0 Å². The minimum Gasteiger partial charge on any atom is -0.355 e. The lowest BCUT2D eigenvalue weighted by Crippen LogP contribution is -2.29. The summed E-state index contributed by atoms with van der Waals surface area (Å²) in [6.07, 6.45) is 2.79. The van der Waals surface area contributed by atoms with E-state index in [2.05, 4.69) is 34.3 Å². The van der Waals surface area contributed by atoms with Crippen LogP contribution in [0.5, 0.6) is 0 Å². The first-order valence-corrected chi connectivity index (χ1v) is 8.59. The zero-order valence-electron chi connectivity index (χ0n) is 14.6. The van der Waals surface area contributed by atoms with E-state index in [1.54, 1.807) is 7.05 Å². The van der Waals surface area contributed by atoms with Gasteiger partial charge in [0.25, 0.3) is 5.56 Å². The zero-order chi connectivity index (χ0) is 17.8. The first kappa shape index (κ1) is 17.0. The molecule has 132 valence electrons. The van der Waals surface area contributed by atoms with Crippen molar-refractivity contribution < 1.29 is 0 Å². The number of unbranched alkanes of at least 4 members (excludes halogenated alkanes) is 1. The first-order chi connectivity index (χ1) is 12.1. The smallest absolute Gasteiger partial charge is 0.329 e. The van der Waals surface area contributed by atoms with Crippen molar-refractivity contribution in [3.05, 3.63) is 56.7 Å². The highest BCUT2D eigenvalue weighted by Crippen LogP contribution is 2.16. The normalized spacial score (nSPS) is 11.1. The lowest BCUT2D eigenvalue weighted by Gasteiger charge is -2.10. The highest BCUT2D eigenvalue weighted by atomic mass is 16.2. The molecule has 7 nitrogen and oxygen atoms in total. The maximum Gasteiger partial charge on any atom is 0.329 e. The fraction of sp³-hybridized carbons (Fsp3) is 0.389. The van der Waals surface area contributed by atoms with Crippen LogP contribution in [0.3, 0.4) is 0 Å². The average molecular weight is 341 g/mol. The molecule has 0 unspecified atom stereocenters. The van der Waals surface area contributed by atoms with Gasteiger partial charge in [-0.3, -0.25) is 14.3 Å². The number of hydrogen-bond donors (Lipinski definition) is 2. The molecule has 0 aliphatic rings. The van der Waals surface area contributed by atoms with E-state index >= 15 is 0 Å². The summed E-state index contributed by atoms with van der Waals surface area (Å²) in [5, 5.41) is 3.32. The Bertz CT molecular complexity index is 969. The van der Waals surface area contributed by atoms with Crippen LogP contribution in [0, 0.1) is 0 Å². The van der Waals surface area contributed by atoms with Crippen LogP contribution in [-0.4, -0.2) is 25.6 Å². The second kappa shape index (κ2) is 7.38. The summed E-state index contributed by atoms with van der Waals surface area (Å²) in [6, 6.07) is 10.2. The molecule has 0 aliphatic heterocycles. The molecular weight excluding hydrogens is 318 g/mol. The molecule has 2 heterocycles. The lowest BCUT2D eigenvalue weighted by atomic mass is 10.1. The summed E-state index contributed by atoms with van der Waals surface area (Å²) in [7, 11) is 1.62. The molecule has 1 aromatic carbocycles. The number of nitrogens with one attached hydrogen (secondary N) is 2. The fourth-order valence-electron chi connectivity index (χ4n) is 2.87. The van der Waals surface area contributed by atoms with Crippen molar-refractivity contribution in [2.45, 2.75) is 32.7 Å². The minimum atomic E-state index is -0.450. The van der Waals surface area contributed by atoms with E-state index in [1.807, 2.05) is 22.8 Å². The molecule has 0 fully saturated rings. The van der Waals surface area contributed by atoms with Crippen LogP contribution in [0.1, 0.15) is 25.3 Å². The molecule has 3 aromatic rings. The summed E-state index contributed by atoms with van der Waals surface area (Å²) in [6.45, 7) is 3.48. The lowest BCUT2D eigenvalue weighted by molar-refractivity contribution is 0.646. The Morgan fingerprint density at radius 2 is 1.96 bits per heavy atom. The Kier molecular flexibility index (Phi) is 5.02. The molecule has 25 heavy (non-hydrogen) atoms. The number of aromatic nitrogens is 4. The molecule has 0 bridgehead atoms. The third-order valence-electron chi connectivity index (χ3n) is 4.28. The van der Waals surface area contributed by atoms with Gasteiger partial charge in [-0.15, -0.1) is 0 Å². The monoisotopic (exact) mass is 341 g/mol. The van der Waals surface area contributed by atoms with Gasteiger partial charge in [-0.25, -0.2) is 4.79 Å². The maximum absolute atomic E-state index is 12.3. The average Bonchev–Trinajstić information content (AvgIpc) is 2.98. The molecule has 3 rings (SSSR count). The predicted octanol–water partition coefficient (Wildman–Crippen LogP) is 1.88. The fourth-order valence-corrected chi connectivity index (χ4v) is 2.87. The third kappa shape index (κ3) is 3.50. The standard InChI is InChI=1S/C18H23N5O2/c1-3-4-12-23-14-15(22(2)18(25)21-16(14)24)20-17(23)19-11-10-13-8-6-5-7-9-13/h5-9H,3-4,10-12H2,1-2H3,(H,19,20)(H,21,24,25). The van der Waals surface area contributed by atoms with Gasteiger partial charge in [-0.1, -0.05) is 43.7 Å². The molecule has 0 aliphatic carbocycles. The van der Waals surface area contributed by atoms with Crippen molar-refractivity contribution in [1.29, 1.82) is 0 Å². The zero-order valence-corrected chi connectivity index (χ0v) is 14.6. The Morgan fingerprint density at radius 1 is 1.20 bits per heavy atom. The van der Waals surface area contributed by atoms with Gasteiger partial charge >= 0.3 is 5.69 Å². The van der Waals surface area contributed by atoms with Gasteiger partial charge in [0.05, 0.1) is 0 Å². The number of imidazole rings is 1. The van der Waals surface area contributed by atoms with E-state index in [4.69, 9.17) is 0 Å². The molecule has 0 saturated carbocycles. The number of rotatable bonds is 7. The summed E-state index contributed by atoms with van der Waals surface area (Å²) in [5.41, 5.74) is 1.24. The maximum atomic E-state index is 12.3. The van der Waals surface area contributed by atoms with Crippen molar-refractivity contribution >= 4 is 17.1 Å². The van der Waals surface area contributed by atoms with Crippen LogP contribution < -0.4 is 16.6 Å². The number of nitrogens with zero attached hydrogens (tertiary/aromatic N) is 3. The number of anilines is 1. The molecule has 2 N–H and O–H groups in total. The number of aromatic amines is 1. The van der Waals surface area contributed by atoms with Crippen LogP contribution in [0.2, 0.25) is 0 Å². The third-order valence-corrected chi connectivity index (χ3v) is 4.28. The van der Waals surface area contributed by atoms with Gasteiger partial charge in [0, 0.05) is 20.1 Å².